The van der Waals surface area contributed by atoms with Gasteiger partial charge in [0.1, 0.15) is 0 Å². The molecule has 0 amide bonds. The molecule has 0 atom stereocenters. The maximum Gasteiger partial charge on any atom is 0.0794 e. The van der Waals surface area contributed by atoms with Crippen molar-refractivity contribution < 1.29 is 5.11 Å². The van der Waals surface area contributed by atoms with Crippen molar-refractivity contribution in [2.75, 3.05) is 11.5 Å². The maximum absolute atomic E-state index is 8.98. The summed E-state index contributed by atoms with van der Waals surface area (Å²) in [4.78, 5) is 0. The average Bonchev–Trinajstić information content (AvgIpc) is 1.68. The molecule has 0 radical (unpaired) electrons. The van der Waals surface area contributed by atoms with Gasteiger partial charge < -0.3 is 5.11 Å². The molecule has 7 heavy (non-hydrogen) atoms. The van der Waals surface area contributed by atoms with Gasteiger partial charge in [0.2, 0.25) is 0 Å². The van der Waals surface area contributed by atoms with Gasteiger partial charge in [-0.3, -0.25) is 0 Å². The third-order valence-corrected chi connectivity index (χ3v) is 2.04. The Hall–Kier alpha value is 0.660. The zero-order chi connectivity index (χ0) is 5.91. The summed E-state index contributed by atoms with van der Waals surface area (Å²) >= 11 is 7.76. The van der Waals surface area contributed by atoms with Crippen LogP contribution in [0.3, 0.4) is 0 Å². The Morgan fingerprint density at radius 1 is 1.43 bits per heavy atom. The second kappa shape index (κ2) is 2.84. The molecule has 0 saturated carbocycles. The van der Waals surface area contributed by atoms with Crippen LogP contribution in [0.25, 0.3) is 0 Å². The van der Waals surface area contributed by atoms with E-state index in [1.54, 1.807) is 6.92 Å². The lowest BCUT2D eigenvalue weighted by Crippen LogP contribution is -2.28. The predicted molar refractivity (Wildman–Crippen MR) is 38.3 cm³/mol. The Morgan fingerprint density at radius 2 is 1.71 bits per heavy atom. The van der Waals surface area contributed by atoms with E-state index in [4.69, 9.17) is 5.11 Å². The van der Waals surface area contributed by atoms with Crippen molar-refractivity contribution in [1.29, 1.82) is 0 Å². The average molecular weight is 138 g/mol. The first kappa shape index (κ1) is 7.66. The Balaban J connectivity index is 3.36. The smallest absolute Gasteiger partial charge is 0.0794 e. The van der Waals surface area contributed by atoms with E-state index in [9.17, 15) is 0 Å². The van der Waals surface area contributed by atoms with Crippen molar-refractivity contribution in [3.8, 4) is 0 Å². The number of thiol groups is 2. The molecule has 0 aromatic carbocycles. The SMILES string of the molecule is CC(O)(CS)CS. The number of aliphatic hydroxyl groups is 1. The highest BCUT2D eigenvalue weighted by molar-refractivity contribution is 7.81. The molecular formula is C4H10OS2. The molecule has 0 aliphatic carbocycles. The molecule has 0 heterocycles. The fraction of sp³-hybridized carbons (Fsp3) is 1.00. The van der Waals surface area contributed by atoms with Gasteiger partial charge in [0.25, 0.3) is 0 Å². The molecule has 0 aromatic heterocycles. The van der Waals surface area contributed by atoms with Crippen molar-refractivity contribution in [3.63, 3.8) is 0 Å². The lowest BCUT2D eigenvalue weighted by molar-refractivity contribution is 0.113. The molecule has 0 aromatic rings. The van der Waals surface area contributed by atoms with Crippen LogP contribution in [-0.2, 0) is 0 Å². The van der Waals surface area contributed by atoms with Gasteiger partial charge in [0.05, 0.1) is 5.60 Å². The Morgan fingerprint density at radius 3 is 1.71 bits per heavy atom. The molecule has 1 nitrogen and oxygen atoms in total. The second-order valence-corrected chi connectivity index (χ2v) is 2.45. The van der Waals surface area contributed by atoms with Crippen molar-refractivity contribution in [2.45, 2.75) is 12.5 Å². The highest BCUT2D eigenvalue weighted by Gasteiger charge is 2.13. The number of hydrogen-bond acceptors (Lipinski definition) is 3. The number of rotatable bonds is 2. The van der Waals surface area contributed by atoms with Crippen LogP contribution in [0, 0.1) is 0 Å². The summed E-state index contributed by atoms with van der Waals surface area (Å²) in [5.41, 5.74) is -0.688. The first-order valence-electron chi connectivity index (χ1n) is 2.06. The monoisotopic (exact) mass is 138 g/mol. The fourth-order valence-corrected chi connectivity index (χ4v) is 0.450. The van der Waals surface area contributed by atoms with Crippen LogP contribution in [-0.4, -0.2) is 22.2 Å². The minimum absolute atomic E-state index is 0.469. The standard InChI is InChI=1S/C4H10OS2/c1-4(5,2-6)3-7/h5-7H,2-3H2,1H3. The summed E-state index contributed by atoms with van der Waals surface area (Å²) < 4.78 is 0. The Labute approximate surface area is 54.9 Å². The zero-order valence-electron chi connectivity index (χ0n) is 4.26. The Bertz CT molecular complexity index is 47.7. The zero-order valence-corrected chi connectivity index (χ0v) is 6.04. The van der Waals surface area contributed by atoms with Gasteiger partial charge in [-0.2, -0.15) is 25.3 Å². The summed E-state index contributed by atoms with van der Waals surface area (Å²) in [7, 11) is 0. The van der Waals surface area contributed by atoms with Crippen LogP contribution >= 0.6 is 25.3 Å². The van der Waals surface area contributed by atoms with Gasteiger partial charge in [-0.05, 0) is 6.92 Å². The summed E-state index contributed by atoms with van der Waals surface area (Å²) in [6, 6.07) is 0. The summed E-state index contributed by atoms with van der Waals surface area (Å²) in [5, 5.41) is 8.98. The summed E-state index contributed by atoms with van der Waals surface area (Å²) in [5.74, 6) is 0.938. The molecule has 44 valence electrons. The third-order valence-electron chi connectivity index (χ3n) is 0.681. The number of hydrogen-bond donors (Lipinski definition) is 3. The molecule has 0 aliphatic rings. The van der Waals surface area contributed by atoms with Gasteiger partial charge in [0, 0.05) is 11.5 Å². The molecule has 1 N–H and O–H groups in total. The van der Waals surface area contributed by atoms with Crippen LogP contribution in [0.5, 0.6) is 0 Å². The van der Waals surface area contributed by atoms with E-state index in [2.05, 4.69) is 25.3 Å². The van der Waals surface area contributed by atoms with E-state index in [1.807, 2.05) is 0 Å². The minimum atomic E-state index is -0.688. The Kier molecular flexibility index (Phi) is 3.11. The van der Waals surface area contributed by atoms with E-state index in [-0.39, 0.29) is 0 Å². The van der Waals surface area contributed by atoms with Crippen LogP contribution < -0.4 is 0 Å². The summed E-state index contributed by atoms with van der Waals surface area (Å²) in [6.45, 7) is 1.70. The van der Waals surface area contributed by atoms with E-state index < -0.39 is 5.60 Å². The third kappa shape index (κ3) is 3.26. The molecular weight excluding hydrogens is 128 g/mol. The minimum Gasteiger partial charge on any atom is -0.388 e. The maximum atomic E-state index is 8.98. The van der Waals surface area contributed by atoms with Gasteiger partial charge in [0.15, 0.2) is 0 Å². The quantitative estimate of drug-likeness (QED) is 0.477. The first-order valence-corrected chi connectivity index (χ1v) is 3.33. The van der Waals surface area contributed by atoms with Gasteiger partial charge in [-0.15, -0.1) is 0 Å². The van der Waals surface area contributed by atoms with Crippen LogP contribution in [0.1, 0.15) is 6.92 Å². The van der Waals surface area contributed by atoms with Gasteiger partial charge >= 0.3 is 0 Å². The van der Waals surface area contributed by atoms with E-state index in [0.717, 1.165) is 0 Å². The molecule has 0 spiro atoms. The van der Waals surface area contributed by atoms with E-state index >= 15 is 0 Å². The van der Waals surface area contributed by atoms with Crippen molar-refractivity contribution >= 4 is 25.3 Å². The largest absolute Gasteiger partial charge is 0.388 e. The molecule has 0 unspecified atom stereocenters. The van der Waals surface area contributed by atoms with Crippen LogP contribution in [0.4, 0.5) is 0 Å². The molecule has 0 fully saturated rings. The highest BCUT2D eigenvalue weighted by atomic mass is 32.1. The van der Waals surface area contributed by atoms with Crippen molar-refractivity contribution in [1.82, 2.24) is 0 Å². The lowest BCUT2D eigenvalue weighted by Gasteiger charge is -2.15. The molecule has 0 bridgehead atoms. The van der Waals surface area contributed by atoms with Crippen LogP contribution in [0.15, 0.2) is 0 Å². The first-order chi connectivity index (χ1) is 3.12. The lowest BCUT2D eigenvalue weighted by atomic mass is 10.2. The van der Waals surface area contributed by atoms with E-state index in [0.29, 0.717) is 11.5 Å². The highest BCUT2D eigenvalue weighted by Crippen LogP contribution is 2.05. The molecule has 0 rings (SSSR count). The van der Waals surface area contributed by atoms with Gasteiger partial charge in [-0.25, -0.2) is 0 Å². The normalized spacial score (nSPS) is 12.0. The van der Waals surface area contributed by atoms with E-state index in [1.165, 1.54) is 0 Å². The van der Waals surface area contributed by atoms with Gasteiger partial charge in [-0.1, -0.05) is 0 Å². The molecule has 0 aliphatic heterocycles. The van der Waals surface area contributed by atoms with Crippen LogP contribution in [0.2, 0.25) is 0 Å². The summed E-state index contributed by atoms with van der Waals surface area (Å²) in [6.07, 6.45) is 0. The van der Waals surface area contributed by atoms with Crippen molar-refractivity contribution in [2.24, 2.45) is 0 Å². The molecule has 3 heteroatoms. The molecule has 0 saturated heterocycles. The van der Waals surface area contributed by atoms with Crippen molar-refractivity contribution in [3.05, 3.63) is 0 Å². The predicted octanol–water partition coefficient (Wildman–Crippen LogP) is 0.597. The topological polar surface area (TPSA) is 20.2 Å². The second-order valence-electron chi connectivity index (χ2n) is 1.81. The fourth-order valence-electron chi connectivity index (χ4n) is 0.0500.